The maximum atomic E-state index is 12.4. The van der Waals surface area contributed by atoms with Crippen LogP contribution >= 0.6 is 11.6 Å². The molecule has 0 bridgehead atoms. The summed E-state index contributed by atoms with van der Waals surface area (Å²) >= 11 is 6.11. The molecule has 0 fully saturated rings. The fourth-order valence-corrected chi connectivity index (χ4v) is 2.61. The van der Waals surface area contributed by atoms with Gasteiger partial charge in [-0.3, -0.25) is 9.59 Å². The van der Waals surface area contributed by atoms with E-state index in [-0.39, 0.29) is 17.9 Å². The van der Waals surface area contributed by atoms with Crippen LogP contribution < -0.4 is 15.4 Å². The molecule has 2 aromatic rings. The van der Waals surface area contributed by atoms with Crippen molar-refractivity contribution in [2.24, 2.45) is 0 Å². The van der Waals surface area contributed by atoms with Crippen LogP contribution in [0.2, 0.25) is 5.02 Å². The first-order chi connectivity index (χ1) is 12.3. The van der Waals surface area contributed by atoms with Gasteiger partial charge in [0.15, 0.2) is 6.10 Å². The number of nitrogens with one attached hydrogen (secondary N) is 2. The Morgan fingerprint density at radius 3 is 2.54 bits per heavy atom. The second-order valence-corrected chi connectivity index (χ2v) is 6.64. The number of benzene rings is 2. The molecule has 0 saturated carbocycles. The third kappa shape index (κ3) is 5.49. The summed E-state index contributed by atoms with van der Waals surface area (Å²) in [6, 6.07) is 12.5. The first-order valence-corrected chi connectivity index (χ1v) is 8.75. The Balaban J connectivity index is 2.01. The first kappa shape index (κ1) is 19.8. The number of amides is 2. The molecule has 2 aromatic carbocycles. The Hall–Kier alpha value is -2.53. The number of anilines is 1. The Morgan fingerprint density at radius 2 is 1.85 bits per heavy atom. The first-order valence-electron chi connectivity index (χ1n) is 8.37. The predicted octanol–water partition coefficient (Wildman–Crippen LogP) is 4.25. The van der Waals surface area contributed by atoms with E-state index in [1.807, 2.05) is 38.1 Å². The lowest BCUT2D eigenvalue weighted by atomic mass is 10.1. The third-order valence-electron chi connectivity index (χ3n) is 3.83. The van der Waals surface area contributed by atoms with Crippen LogP contribution in [0.4, 0.5) is 5.69 Å². The fraction of sp³-hybridized carbons (Fsp3) is 0.300. The molecule has 0 aliphatic carbocycles. The number of carbonyl (C=O) groups is 2. The van der Waals surface area contributed by atoms with Crippen LogP contribution in [0.15, 0.2) is 42.5 Å². The van der Waals surface area contributed by atoms with Gasteiger partial charge in [-0.25, -0.2) is 0 Å². The molecule has 2 atom stereocenters. The summed E-state index contributed by atoms with van der Waals surface area (Å²) < 4.78 is 5.70. The normalized spacial score (nSPS) is 12.8. The van der Waals surface area contributed by atoms with E-state index in [4.69, 9.17) is 16.3 Å². The van der Waals surface area contributed by atoms with E-state index in [1.54, 1.807) is 25.1 Å². The highest BCUT2D eigenvalue weighted by molar-refractivity contribution is 6.32. The molecule has 26 heavy (non-hydrogen) atoms. The van der Waals surface area contributed by atoms with E-state index in [2.05, 4.69) is 10.6 Å². The van der Waals surface area contributed by atoms with Gasteiger partial charge in [-0.2, -0.15) is 0 Å². The zero-order valence-corrected chi connectivity index (χ0v) is 16.1. The second kappa shape index (κ2) is 8.72. The maximum absolute atomic E-state index is 12.4. The highest BCUT2D eigenvalue weighted by Crippen LogP contribution is 2.26. The summed E-state index contributed by atoms with van der Waals surface area (Å²) in [7, 11) is 0. The van der Waals surface area contributed by atoms with Gasteiger partial charge in [-0.05, 0) is 56.2 Å². The summed E-state index contributed by atoms with van der Waals surface area (Å²) in [4.78, 5) is 23.6. The number of halogens is 1. The number of hydrogen-bond donors (Lipinski definition) is 2. The smallest absolute Gasteiger partial charge is 0.261 e. The summed E-state index contributed by atoms with van der Waals surface area (Å²) in [5.74, 6) is 0.0884. The van der Waals surface area contributed by atoms with Gasteiger partial charge in [-0.15, -0.1) is 0 Å². The number of rotatable bonds is 6. The van der Waals surface area contributed by atoms with Gasteiger partial charge in [0.25, 0.3) is 5.91 Å². The number of hydrogen-bond acceptors (Lipinski definition) is 3. The minimum atomic E-state index is -0.699. The number of ether oxygens (including phenoxy) is 1. The zero-order valence-electron chi connectivity index (χ0n) is 15.3. The molecular formula is C20H23ClN2O3. The number of aryl methyl sites for hydroxylation is 1. The summed E-state index contributed by atoms with van der Waals surface area (Å²) in [5.41, 5.74) is 2.57. The van der Waals surface area contributed by atoms with E-state index >= 15 is 0 Å². The van der Waals surface area contributed by atoms with Crippen molar-refractivity contribution >= 4 is 29.1 Å². The topological polar surface area (TPSA) is 67.4 Å². The lowest BCUT2D eigenvalue weighted by molar-refractivity contribution is -0.128. The minimum absolute atomic E-state index is 0.143. The molecular weight excluding hydrogens is 352 g/mol. The highest BCUT2D eigenvalue weighted by Gasteiger charge is 2.19. The summed E-state index contributed by atoms with van der Waals surface area (Å²) in [5, 5.41) is 6.10. The van der Waals surface area contributed by atoms with Crippen molar-refractivity contribution in [2.75, 3.05) is 5.32 Å². The monoisotopic (exact) mass is 374 g/mol. The van der Waals surface area contributed by atoms with Gasteiger partial charge in [0, 0.05) is 12.6 Å². The summed E-state index contributed by atoms with van der Waals surface area (Å²) in [6.45, 7) is 6.93. The quantitative estimate of drug-likeness (QED) is 0.794. The van der Waals surface area contributed by atoms with Crippen molar-refractivity contribution in [3.63, 3.8) is 0 Å². The molecule has 0 spiro atoms. The molecule has 0 aromatic heterocycles. The van der Waals surface area contributed by atoms with E-state index in [9.17, 15) is 9.59 Å². The minimum Gasteiger partial charge on any atom is -0.479 e. The van der Waals surface area contributed by atoms with E-state index in [0.29, 0.717) is 16.5 Å². The molecule has 5 nitrogen and oxygen atoms in total. The Morgan fingerprint density at radius 1 is 1.12 bits per heavy atom. The van der Waals surface area contributed by atoms with Crippen LogP contribution in [0.25, 0.3) is 0 Å². The van der Waals surface area contributed by atoms with Crippen molar-refractivity contribution in [1.29, 1.82) is 0 Å². The molecule has 2 unspecified atom stereocenters. The van der Waals surface area contributed by atoms with Gasteiger partial charge < -0.3 is 15.4 Å². The van der Waals surface area contributed by atoms with Crippen molar-refractivity contribution in [3.05, 3.63) is 58.6 Å². The van der Waals surface area contributed by atoms with Crippen molar-refractivity contribution in [3.8, 4) is 5.75 Å². The van der Waals surface area contributed by atoms with E-state index < -0.39 is 6.10 Å². The van der Waals surface area contributed by atoms with Gasteiger partial charge in [0.1, 0.15) is 5.75 Å². The average Bonchev–Trinajstić information content (AvgIpc) is 2.57. The summed E-state index contributed by atoms with van der Waals surface area (Å²) in [6.07, 6.45) is -0.699. The SMILES string of the molecule is CC(=O)Nc1cccc(C(C)NC(=O)C(C)Oc2cc(C)ccc2Cl)c1. The highest BCUT2D eigenvalue weighted by atomic mass is 35.5. The van der Waals surface area contributed by atoms with Crippen LogP contribution in [0, 0.1) is 6.92 Å². The van der Waals surface area contributed by atoms with Crippen LogP contribution in [0.3, 0.4) is 0 Å². The number of carbonyl (C=O) groups excluding carboxylic acids is 2. The second-order valence-electron chi connectivity index (χ2n) is 6.23. The molecule has 2 N–H and O–H groups in total. The van der Waals surface area contributed by atoms with E-state index in [1.165, 1.54) is 6.92 Å². The van der Waals surface area contributed by atoms with E-state index in [0.717, 1.165) is 11.1 Å². The molecule has 6 heteroatoms. The Kier molecular flexibility index (Phi) is 6.64. The molecule has 2 rings (SSSR count). The molecule has 0 aliphatic rings. The van der Waals surface area contributed by atoms with Crippen molar-refractivity contribution in [2.45, 2.75) is 39.8 Å². The van der Waals surface area contributed by atoms with Crippen LogP contribution in [-0.4, -0.2) is 17.9 Å². The van der Waals surface area contributed by atoms with Gasteiger partial charge in [-0.1, -0.05) is 29.8 Å². The standard InChI is InChI=1S/C20H23ClN2O3/c1-12-8-9-18(21)19(10-12)26-14(3)20(25)22-13(2)16-6-5-7-17(11-16)23-15(4)24/h5-11,13-14H,1-4H3,(H,22,25)(H,23,24). The molecule has 0 aliphatic heterocycles. The lowest BCUT2D eigenvalue weighted by Gasteiger charge is -2.20. The predicted molar refractivity (Wildman–Crippen MR) is 104 cm³/mol. The van der Waals surface area contributed by atoms with Crippen LogP contribution in [0.1, 0.15) is 37.9 Å². The van der Waals surface area contributed by atoms with Gasteiger partial charge in [0.05, 0.1) is 11.1 Å². The lowest BCUT2D eigenvalue weighted by Crippen LogP contribution is -2.37. The Bertz CT molecular complexity index is 807. The maximum Gasteiger partial charge on any atom is 0.261 e. The fourth-order valence-electron chi connectivity index (χ4n) is 2.45. The average molecular weight is 375 g/mol. The van der Waals surface area contributed by atoms with Gasteiger partial charge in [0.2, 0.25) is 5.91 Å². The zero-order chi connectivity index (χ0) is 19.3. The van der Waals surface area contributed by atoms with Crippen LogP contribution in [0.5, 0.6) is 5.75 Å². The molecule has 0 saturated heterocycles. The van der Waals surface area contributed by atoms with Crippen molar-refractivity contribution in [1.82, 2.24) is 5.32 Å². The third-order valence-corrected chi connectivity index (χ3v) is 4.14. The largest absolute Gasteiger partial charge is 0.479 e. The van der Waals surface area contributed by atoms with Gasteiger partial charge >= 0.3 is 0 Å². The molecule has 2 amide bonds. The molecule has 0 heterocycles. The molecule has 0 radical (unpaired) electrons. The van der Waals surface area contributed by atoms with Crippen LogP contribution in [-0.2, 0) is 9.59 Å². The molecule has 138 valence electrons. The van der Waals surface area contributed by atoms with Crippen molar-refractivity contribution < 1.29 is 14.3 Å². The Labute approximate surface area is 158 Å².